The van der Waals surface area contributed by atoms with Crippen molar-refractivity contribution < 1.29 is 41.7 Å². The van der Waals surface area contributed by atoms with Gasteiger partial charge in [0.05, 0.1) is 22.5 Å². The smallest absolute Gasteiger partial charge is 0.303 e. The van der Waals surface area contributed by atoms with Gasteiger partial charge in [-0.1, -0.05) is 49.2 Å². The first-order chi connectivity index (χ1) is 19.5. The molecule has 1 N–H and O–H groups in total. The van der Waals surface area contributed by atoms with Gasteiger partial charge in [0.1, 0.15) is 30.8 Å². The van der Waals surface area contributed by atoms with E-state index in [0.717, 1.165) is 17.4 Å². The van der Waals surface area contributed by atoms with Crippen molar-refractivity contribution in [1.82, 2.24) is 5.32 Å². The molecule has 232 valence electrons. The van der Waals surface area contributed by atoms with Gasteiger partial charge in [-0.15, -0.1) is 11.6 Å². The highest BCUT2D eigenvalue weighted by Gasteiger charge is 2.26. The average molecular weight is 667 g/mol. The fourth-order valence-electron chi connectivity index (χ4n) is 3.79. The molecule has 42 heavy (non-hydrogen) atoms. The van der Waals surface area contributed by atoms with E-state index < -0.39 is 51.1 Å². The summed E-state index contributed by atoms with van der Waals surface area (Å²) in [6.45, 7) is 6.28. The summed E-state index contributed by atoms with van der Waals surface area (Å²) in [6, 6.07) is 10.7. The quantitative estimate of drug-likeness (QED) is 0.218. The van der Waals surface area contributed by atoms with Crippen molar-refractivity contribution in [3.63, 3.8) is 0 Å². The molecule has 2 aromatic rings. The van der Waals surface area contributed by atoms with Crippen LogP contribution in [-0.4, -0.2) is 76.1 Å². The number of amides is 1. The number of alkyl halides is 1. The standard InChI is InChI=1S/C28H34Cl3NO9S/c1-17(33)40-22(12-29)14-39-27-24(30)10-20(11-25(27)31)28(3,4)19-6-8-21(9-7-19)38-15-23(41-18(2)34)13-32-26(35)16-42(5,36)37/h6-11,22-23H,12-16H2,1-5H3,(H,32,35)/t22-,23-/m1/s1. The van der Waals surface area contributed by atoms with Crippen molar-refractivity contribution in [2.75, 3.05) is 37.6 Å². The van der Waals surface area contributed by atoms with Crippen LogP contribution in [0.3, 0.4) is 0 Å². The molecule has 1 amide bonds. The summed E-state index contributed by atoms with van der Waals surface area (Å²) >= 11 is 18.9. The Morgan fingerprint density at radius 3 is 1.90 bits per heavy atom. The lowest BCUT2D eigenvalue weighted by Crippen LogP contribution is -2.40. The van der Waals surface area contributed by atoms with Crippen LogP contribution in [0.5, 0.6) is 11.5 Å². The number of hydrogen-bond acceptors (Lipinski definition) is 9. The number of hydrogen-bond donors (Lipinski definition) is 1. The van der Waals surface area contributed by atoms with Crippen LogP contribution in [0.25, 0.3) is 0 Å². The first kappa shape index (κ1) is 35.5. The van der Waals surface area contributed by atoms with Crippen molar-refractivity contribution >= 4 is 62.5 Å². The summed E-state index contributed by atoms with van der Waals surface area (Å²) in [6.07, 6.45) is -0.540. The Kier molecular flexibility index (Phi) is 13.2. The second-order valence-corrected chi connectivity index (χ2v) is 13.3. The molecule has 0 heterocycles. The molecule has 0 aliphatic heterocycles. The highest BCUT2D eigenvalue weighted by Crippen LogP contribution is 2.40. The monoisotopic (exact) mass is 665 g/mol. The molecule has 0 aromatic heterocycles. The Hall–Kier alpha value is -2.73. The third-order valence-electron chi connectivity index (χ3n) is 5.90. The maximum atomic E-state index is 11.8. The average Bonchev–Trinajstić information content (AvgIpc) is 2.87. The normalized spacial score (nSPS) is 13.0. The minimum absolute atomic E-state index is 0.0158. The molecule has 0 aliphatic rings. The fraction of sp³-hybridized carbons (Fsp3) is 0.464. The minimum atomic E-state index is -3.49. The number of benzene rings is 2. The van der Waals surface area contributed by atoms with Crippen LogP contribution < -0.4 is 14.8 Å². The Balaban J connectivity index is 2.09. The summed E-state index contributed by atoms with van der Waals surface area (Å²) < 4.78 is 44.3. The highest BCUT2D eigenvalue weighted by atomic mass is 35.5. The first-order valence-corrected chi connectivity index (χ1v) is 16.1. The van der Waals surface area contributed by atoms with E-state index in [-0.39, 0.29) is 41.4 Å². The molecular formula is C28H34Cl3NO9S. The molecule has 0 spiro atoms. The molecule has 10 nitrogen and oxygen atoms in total. The van der Waals surface area contributed by atoms with Crippen molar-refractivity contribution in [3.05, 3.63) is 57.6 Å². The van der Waals surface area contributed by atoms with Gasteiger partial charge < -0.3 is 24.3 Å². The van der Waals surface area contributed by atoms with E-state index in [9.17, 15) is 22.8 Å². The van der Waals surface area contributed by atoms with E-state index in [1.54, 1.807) is 24.3 Å². The molecule has 2 aromatic carbocycles. The summed E-state index contributed by atoms with van der Waals surface area (Å²) in [4.78, 5) is 34.5. The van der Waals surface area contributed by atoms with Crippen molar-refractivity contribution in [3.8, 4) is 11.5 Å². The predicted molar refractivity (Wildman–Crippen MR) is 161 cm³/mol. The topological polar surface area (TPSA) is 134 Å². The number of ether oxygens (including phenoxy) is 4. The summed E-state index contributed by atoms with van der Waals surface area (Å²) in [5, 5.41) is 2.99. The Morgan fingerprint density at radius 1 is 0.881 bits per heavy atom. The summed E-state index contributed by atoms with van der Waals surface area (Å²) in [7, 11) is -3.49. The van der Waals surface area contributed by atoms with Crippen molar-refractivity contribution in [2.24, 2.45) is 0 Å². The van der Waals surface area contributed by atoms with Gasteiger partial charge in [-0.3, -0.25) is 14.4 Å². The van der Waals surface area contributed by atoms with Crippen molar-refractivity contribution in [2.45, 2.75) is 45.3 Å². The van der Waals surface area contributed by atoms with E-state index in [1.165, 1.54) is 13.8 Å². The zero-order valence-electron chi connectivity index (χ0n) is 23.9. The third-order valence-corrected chi connectivity index (χ3v) is 7.60. The number of nitrogens with one attached hydrogen (secondary N) is 1. The van der Waals surface area contributed by atoms with E-state index in [4.69, 9.17) is 53.8 Å². The summed E-state index contributed by atoms with van der Waals surface area (Å²) in [5.74, 6) is -1.65. The molecule has 0 bridgehead atoms. The molecule has 0 unspecified atom stereocenters. The van der Waals surface area contributed by atoms with Crippen LogP contribution >= 0.6 is 34.8 Å². The molecular weight excluding hydrogens is 633 g/mol. The summed E-state index contributed by atoms with van der Waals surface area (Å²) in [5.41, 5.74) is 1.19. The predicted octanol–water partition coefficient (Wildman–Crippen LogP) is 4.34. The number of carbonyl (C=O) groups is 3. The molecule has 0 aliphatic carbocycles. The van der Waals surface area contributed by atoms with Crippen LogP contribution in [0, 0.1) is 0 Å². The first-order valence-electron chi connectivity index (χ1n) is 12.7. The van der Waals surface area contributed by atoms with Gasteiger partial charge in [-0.25, -0.2) is 8.42 Å². The lowest BCUT2D eigenvalue weighted by molar-refractivity contribution is -0.148. The number of esters is 2. The molecule has 14 heteroatoms. The lowest BCUT2D eigenvalue weighted by atomic mass is 9.78. The largest absolute Gasteiger partial charge is 0.490 e. The van der Waals surface area contributed by atoms with Gasteiger partial charge >= 0.3 is 11.9 Å². The lowest BCUT2D eigenvalue weighted by Gasteiger charge is -2.27. The second-order valence-electron chi connectivity index (χ2n) is 10.0. The van der Waals surface area contributed by atoms with Gasteiger partial charge in [-0.2, -0.15) is 0 Å². The molecule has 2 atom stereocenters. The second kappa shape index (κ2) is 15.7. The SMILES string of the molecule is CC(=O)O[C@H](CNC(=O)CS(C)(=O)=O)COc1ccc(C(C)(C)c2cc(Cl)c(OC[C@@H](CCl)OC(C)=O)c(Cl)c2)cc1. The molecule has 0 saturated heterocycles. The Bertz CT molecular complexity index is 1340. The number of halogens is 3. The van der Waals surface area contributed by atoms with Gasteiger partial charge in [0.15, 0.2) is 21.7 Å². The molecule has 0 saturated carbocycles. The van der Waals surface area contributed by atoms with Gasteiger partial charge in [0.25, 0.3) is 0 Å². The van der Waals surface area contributed by atoms with E-state index >= 15 is 0 Å². The zero-order chi connectivity index (χ0) is 31.7. The van der Waals surface area contributed by atoms with Crippen LogP contribution in [0.15, 0.2) is 36.4 Å². The Labute approximate surface area is 260 Å². The third kappa shape index (κ3) is 11.5. The van der Waals surface area contributed by atoms with E-state index in [1.807, 2.05) is 26.0 Å². The van der Waals surface area contributed by atoms with Gasteiger partial charge in [0.2, 0.25) is 5.91 Å². The van der Waals surface area contributed by atoms with E-state index in [0.29, 0.717) is 5.75 Å². The fourth-order valence-corrected chi connectivity index (χ4v) is 5.12. The number of carbonyl (C=O) groups excluding carboxylic acids is 3. The number of rotatable bonds is 15. The van der Waals surface area contributed by atoms with Crippen LogP contribution in [-0.2, 0) is 39.1 Å². The van der Waals surface area contributed by atoms with E-state index in [2.05, 4.69) is 5.32 Å². The molecule has 2 rings (SSSR count). The molecule has 0 fully saturated rings. The minimum Gasteiger partial charge on any atom is -0.490 e. The van der Waals surface area contributed by atoms with Gasteiger partial charge in [-0.05, 0) is 35.4 Å². The highest BCUT2D eigenvalue weighted by molar-refractivity contribution is 7.91. The van der Waals surface area contributed by atoms with Crippen LogP contribution in [0.4, 0.5) is 0 Å². The van der Waals surface area contributed by atoms with Gasteiger partial charge in [0, 0.05) is 25.5 Å². The van der Waals surface area contributed by atoms with Crippen molar-refractivity contribution in [1.29, 1.82) is 0 Å². The Morgan fingerprint density at radius 2 is 1.40 bits per heavy atom. The number of sulfone groups is 1. The van der Waals surface area contributed by atoms with Crippen LogP contribution in [0.1, 0.15) is 38.8 Å². The zero-order valence-corrected chi connectivity index (χ0v) is 27.0. The van der Waals surface area contributed by atoms with Crippen LogP contribution in [0.2, 0.25) is 10.0 Å². The maximum absolute atomic E-state index is 11.8. The maximum Gasteiger partial charge on any atom is 0.303 e. The molecule has 0 radical (unpaired) electrons.